The maximum Gasteiger partial charge on any atom is 0.410 e. The van der Waals surface area contributed by atoms with Crippen LogP contribution in [0.25, 0.3) is 0 Å². The van der Waals surface area contributed by atoms with Crippen molar-refractivity contribution >= 4 is 12.1 Å². The third-order valence-corrected chi connectivity index (χ3v) is 14.9. The van der Waals surface area contributed by atoms with Gasteiger partial charge in [0.25, 0.3) is 0 Å². The molecule has 0 aromatic carbocycles. The second-order valence-electron chi connectivity index (χ2n) is 19.4. The van der Waals surface area contributed by atoms with E-state index in [0.29, 0.717) is 48.3 Å². The molecule has 0 aromatic heterocycles. The molecule has 1 N–H and O–H groups in total. The van der Waals surface area contributed by atoms with Crippen molar-refractivity contribution in [1.29, 1.82) is 0 Å². The molecule has 7 rings (SSSR count). The number of carbonyl (C=O) groups is 2. The smallest absolute Gasteiger partial charge is 0.410 e. The van der Waals surface area contributed by atoms with Crippen LogP contribution in [0.1, 0.15) is 154 Å². The number of aliphatic hydroxyl groups is 1. The van der Waals surface area contributed by atoms with Gasteiger partial charge in [-0.1, -0.05) is 48.5 Å². The number of rotatable bonds is 5. The van der Waals surface area contributed by atoms with Crippen molar-refractivity contribution in [2.45, 2.75) is 196 Å². The van der Waals surface area contributed by atoms with Crippen LogP contribution in [-0.4, -0.2) is 83.7 Å². The number of carbonyl (C=O) groups excluding carboxylic acids is 2. The van der Waals surface area contributed by atoms with Crippen LogP contribution in [0, 0.1) is 45.3 Å². The molecule has 2 heterocycles. The molecule has 1 amide bonds. The monoisotopic (exact) mass is 734 g/mol. The summed E-state index contributed by atoms with van der Waals surface area (Å²) >= 11 is 0. The summed E-state index contributed by atoms with van der Waals surface area (Å²) in [6.45, 7) is 27.4. The highest BCUT2D eigenvalue weighted by Gasteiger charge is 2.80. The average Bonchev–Trinajstić information content (AvgIpc) is 3.65. The standard InChI is InChI=1S/C39H63NO8.2C2H6/c1-23(41)45-32(36(7,8)43)27-12-10-25-28(46-27)20-26-24-11-13-29-35(5,6)30(14-15-39(29)22-38(24,39)17-16-37(25,26)9)47-31-21-40(18-19-44-31)33(42)48-34(2,3)4;2*1-2/h24-32,43H,10-22H2,1-9H3;2*1-2H3/t24?,25?,26?,27?,28?,29?,30-,31?,32-,37+,38-,39+;;/m0../s1. The van der Waals surface area contributed by atoms with E-state index in [-0.39, 0.29) is 41.2 Å². The maximum absolute atomic E-state index is 12.8. The van der Waals surface area contributed by atoms with E-state index in [1.54, 1.807) is 18.7 Å². The van der Waals surface area contributed by atoms with Gasteiger partial charge in [-0.3, -0.25) is 4.79 Å². The van der Waals surface area contributed by atoms with Crippen molar-refractivity contribution in [3.63, 3.8) is 0 Å². The molecule has 7 unspecified atom stereocenters. The van der Waals surface area contributed by atoms with Crippen molar-refractivity contribution < 1.29 is 38.4 Å². The largest absolute Gasteiger partial charge is 0.457 e. The molecule has 7 aliphatic rings. The molecule has 300 valence electrons. The molecular weight excluding hydrogens is 658 g/mol. The number of hydrogen-bond donors (Lipinski definition) is 1. The Morgan fingerprint density at radius 1 is 0.865 bits per heavy atom. The summed E-state index contributed by atoms with van der Waals surface area (Å²) in [6.07, 6.45) is 10.3. The second kappa shape index (κ2) is 14.9. The lowest BCUT2D eigenvalue weighted by Crippen LogP contribution is -2.56. The van der Waals surface area contributed by atoms with Gasteiger partial charge in [0, 0.05) is 13.5 Å². The zero-order valence-corrected chi connectivity index (χ0v) is 35.1. The first-order chi connectivity index (χ1) is 24.3. The van der Waals surface area contributed by atoms with Crippen LogP contribution in [0.4, 0.5) is 4.79 Å². The topological polar surface area (TPSA) is 104 Å². The fourth-order valence-electron chi connectivity index (χ4n) is 12.9. The van der Waals surface area contributed by atoms with Crippen LogP contribution in [-0.2, 0) is 28.5 Å². The number of esters is 1. The van der Waals surface area contributed by atoms with Crippen molar-refractivity contribution in [3.8, 4) is 0 Å². The van der Waals surface area contributed by atoms with E-state index in [4.69, 9.17) is 23.7 Å². The normalized spacial score (nSPS) is 42.2. The third kappa shape index (κ3) is 7.20. The van der Waals surface area contributed by atoms with E-state index < -0.39 is 23.6 Å². The Kier molecular flexibility index (Phi) is 12.0. The Morgan fingerprint density at radius 3 is 2.17 bits per heavy atom. The molecule has 2 spiro atoms. The summed E-state index contributed by atoms with van der Waals surface area (Å²) < 4.78 is 31.0. The van der Waals surface area contributed by atoms with Gasteiger partial charge in [0.05, 0.1) is 37.1 Å². The summed E-state index contributed by atoms with van der Waals surface area (Å²) in [6, 6.07) is 0. The Balaban J connectivity index is 0.00000126. The van der Waals surface area contributed by atoms with E-state index in [2.05, 4.69) is 20.8 Å². The summed E-state index contributed by atoms with van der Waals surface area (Å²) in [5.74, 6) is 2.17. The molecule has 9 nitrogen and oxygen atoms in total. The molecule has 9 heteroatoms. The molecule has 5 saturated carbocycles. The molecular formula is C43H75NO8. The predicted molar refractivity (Wildman–Crippen MR) is 203 cm³/mol. The van der Waals surface area contributed by atoms with Crippen molar-refractivity contribution in [3.05, 3.63) is 0 Å². The zero-order chi connectivity index (χ0) is 38.7. The molecule has 52 heavy (non-hydrogen) atoms. The first-order valence-corrected chi connectivity index (χ1v) is 21.1. The van der Waals surface area contributed by atoms with Gasteiger partial charge in [0.15, 0.2) is 12.4 Å². The fourth-order valence-corrected chi connectivity index (χ4v) is 12.9. The first kappa shape index (κ1) is 41.7. The first-order valence-electron chi connectivity index (χ1n) is 21.1. The number of morpholine rings is 1. The van der Waals surface area contributed by atoms with Crippen LogP contribution in [0.2, 0.25) is 0 Å². The summed E-state index contributed by atoms with van der Waals surface area (Å²) in [5, 5.41) is 10.9. The second-order valence-corrected chi connectivity index (χ2v) is 19.4. The third-order valence-electron chi connectivity index (χ3n) is 14.9. The summed E-state index contributed by atoms with van der Waals surface area (Å²) in [5.41, 5.74) is -0.558. The van der Waals surface area contributed by atoms with Gasteiger partial charge in [0.1, 0.15) is 5.60 Å². The summed E-state index contributed by atoms with van der Waals surface area (Å²) in [4.78, 5) is 26.5. The molecule has 0 radical (unpaired) electrons. The lowest BCUT2D eigenvalue weighted by molar-refractivity contribution is -0.243. The SMILES string of the molecule is CC.CC.CC(=O)O[C@@H](C1CCC2C(CC3C4CCC5C(C)(C)[C@@H](OC6CN(C(=O)OC(C)(C)C)CCO6)CC[C@@]56C[C@@]46CC[C@]23C)O1)C(C)(C)O. The number of ether oxygens (including phenoxy) is 5. The van der Waals surface area contributed by atoms with Crippen LogP contribution in [0.15, 0.2) is 0 Å². The molecule has 5 aliphatic carbocycles. The predicted octanol–water partition coefficient (Wildman–Crippen LogP) is 8.93. The minimum absolute atomic E-state index is 0.0217. The molecule has 7 fully saturated rings. The van der Waals surface area contributed by atoms with E-state index in [1.807, 2.05) is 48.5 Å². The zero-order valence-electron chi connectivity index (χ0n) is 35.1. The van der Waals surface area contributed by atoms with Gasteiger partial charge in [0.2, 0.25) is 0 Å². The van der Waals surface area contributed by atoms with Gasteiger partial charge in [-0.2, -0.15) is 0 Å². The van der Waals surface area contributed by atoms with E-state index >= 15 is 0 Å². The number of amides is 1. The van der Waals surface area contributed by atoms with Gasteiger partial charge < -0.3 is 33.7 Å². The number of nitrogens with zero attached hydrogens (tertiary/aromatic N) is 1. The molecule has 0 aromatic rings. The van der Waals surface area contributed by atoms with Crippen molar-refractivity contribution in [2.24, 2.45) is 45.3 Å². The van der Waals surface area contributed by atoms with Crippen LogP contribution in [0.5, 0.6) is 0 Å². The van der Waals surface area contributed by atoms with Crippen LogP contribution in [0.3, 0.4) is 0 Å². The highest BCUT2D eigenvalue weighted by Crippen LogP contribution is 2.87. The lowest BCUT2D eigenvalue weighted by Gasteiger charge is -2.60. The number of fused-ring (bicyclic) bond motifs is 4. The van der Waals surface area contributed by atoms with E-state index in [9.17, 15) is 14.7 Å². The summed E-state index contributed by atoms with van der Waals surface area (Å²) in [7, 11) is 0. The minimum Gasteiger partial charge on any atom is -0.457 e. The van der Waals surface area contributed by atoms with Crippen LogP contribution < -0.4 is 0 Å². The Hall–Kier alpha value is -1.42. The Labute approximate surface area is 315 Å². The highest BCUT2D eigenvalue weighted by molar-refractivity contribution is 5.68. The van der Waals surface area contributed by atoms with Crippen LogP contribution >= 0.6 is 0 Å². The average molecular weight is 734 g/mol. The van der Waals surface area contributed by atoms with Crippen molar-refractivity contribution in [2.75, 3.05) is 19.7 Å². The quantitative estimate of drug-likeness (QED) is 0.280. The van der Waals surface area contributed by atoms with Gasteiger partial charge in [-0.15, -0.1) is 0 Å². The maximum atomic E-state index is 12.8. The molecule has 0 bridgehead atoms. The highest BCUT2D eigenvalue weighted by atomic mass is 16.7. The van der Waals surface area contributed by atoms with E-state index in [1.165, 1.54) is 45.4 Å². The Bertz CT molecular complexity index is 1270. The lowest BCUT2D eigenvalue weighted by atomic mass is 9.46. The van der Waals surface area contributed by atoms with E-state index in [0.717, 1.165) is 31.6 Å². The Morgan fingerprint density at radius 2 is 1.54 bits per heavy atom. The minimum atomic E-state index is -1.16. The number of hydrogen-bond acceptors (Lipinski definition) is 8. The fraction of sp³-hybridized carbons (Fsp3) is 0.953. The molecule has 2 saturated heterocycles. The van der Waals surface area contributed by atoms with Gasteiger partial charge >= 0.3 is 12.1 Å². The molecule has 12 atom stereocenters. The van der Waals surface area contributed by atoms with Gasteiger partial charge in [-0.05, 0) is 144 Å². The van der Waals surface area contributed by atoms with Crippen molar-refractivity contribution in [1.82, 2.24) is 4.90 Å². The molecule has 2 aliphatic heterocycles. The van der Waals surface area contributed by atoms with Gasteiger partial charge in [-0.25, -0.2) is 4.79 Å².